The number of fused-ring (bicyclic) bond motifs is 3. The molecule has 1 N–H and O–H groups in total. The lowest BCUT2D eigenvalue weighted by molar-refractivity contribution is 0.0949. The number of pyridine rings is 1. The van der Waals surface area contributed by atoms with E-state index in [0.717, 1.165) is 46.5 Å². The van der Waals surface area contributed by atoms with Gasteiger partial charge in [0.1, 0.15) is 11.1 Å². The van der Waals surface area contributed by atoms with Crippen molar-refractivity contribution in [3.8, 4) is 17.2 Å². The number of carbonyl (C=O) groups excluding carboxylic acids is 1. The predicted octanol–water partition coefficient (Wildman–Crippen LogP) is 8.17. The zero-order chi connectivity index (χ0) is 30.6. The van der Waals surface area contributed by atoms with Crippen molar-refractivity contribution in [2.45, 2.75) is 56.2 Å². The maximum absolute atomic E-state index is 13.9. The van der Waals surface area contributed by atoms with E-state index in [9.17, 15) is 9.59 Å². The number of amides is 1. The Kier molecular flexibility index (Phi) is 9.05. The molecule has 0 aliphatic carbocycles. The van der Waals surface area contributed by atoms with Gasteiger partial charge in [-0.25, -0.2) is 0 Å². The number of aromatic nitrogens is 1. The zero-order valence-electron chi connectivity index (χ0n) is 25.6. The number of nitrogens with one attached hydrogen (secondary N) is 1. The standard InChI is InChI=1S/C34H31N3O3S.C3H8/c1-36-15-7-12-25(36)13-14-35-34(39)28-20-37-29-16-23-10-5-6-11-24(23)17-30(29)40-31-19-26(18-27(32(31)37)33(28)38)41-21-22-8-3-2-4-9-22;1-3-2/h2-6,8-11,16-20,25H,7,12-15,21H2,1H3,(H,35,39);3H2,1-2H3. The van der Waals surface area contributed by atoms with Crippen LogP contribution in [0.1, 0.15) is 55.5 Å². The normalized spacial score (nSPS) is 15.4. The molecule has 1 fully saturated rings. The lowest BCUT2D eigenvalue weighted by atomic mass is 10.0. The van der Waals surface area contributed by atoms with Crippen molar-refractivity contribution in [1.29, 1.82) is 0 Å². The maximum Gasteiger partial charge on any atom is 0.256 e. The highest BCUT2D eigenvalue weighted by atomic mass is 32.2. The summed E-state index contributed by atoms with van der Waals surface area (Å²) in [5.41, 5.74) is 2.57. The number of carbonyl (C=O) groups is 1. The van der Waals surface area contributed by atoms with Crippen LogP contribution in [-0.4, -0.2) is 41.6 Å². The van der Waals surface area contributed by atoms with Crippen molar-refractivity contribution in [1.82, 2.24) is 14.8 Å². The van der Waals surface area contributed by atoms with Crippen LogP contribution in [0.3, 0.4) is 0 Å². The van der Waals surface area contributed by atoms with Crippen LogP contribution in [-0.2, 0) is 5.75 Å². The Morgan fingerprint density at radius 1 is 0.977 bits per heavy atom. The molecule has 0 bridgehead atoms. The second-order valence-electron chi connectivity index (χ2n) is 11.6. The van der Waals surface area contributed by atoms with Crippen LogP contribution in [0.4, 0.5) is 0 Å². The van der Waals surface area contributed by atoms with E-state index in [0.29, 0.717) is 35.0 Å². The maximum atomic E-state index is 13.9. The van der Waals surface area contributed by atoms with E-state index in [1.807, 2.05) is 53.1 Å². The molecule has 7 heteroatoms. The van der Waals surface area contributed by atoms with Crippen LogP contribution >= 0.6 is 11.8 Å². The summed E-state index contributed by atoms with van der Waals surface area (Å²) in [6, 6.07) is 26.8. The first kappa shape index (κ1) is 30.0. The number of hydrogen-bond donors (Lipinski definition) is 1. The quantitative estimate of drug-likeness (QED) is 0.186. The Balaban J connectivity index is 0.00000110. The molecule has 1 amide bonds. The highest BCUT2D eigenvalue weighted by molar-refractivity contribution is 7.98. The van der Waals surface area contributed by atoms with Crippen molar-refractivity contribution in [2.24, 2.45) is 0 Å². The molecule has 5 aromatic rings. The molecule has 1 aromatic heterocycles. The molecule has 0 radical (unpaired) electrons. The average Bonchev–Trinajstić information content (AvgIpc) is 3.45. The molecule has 1 atom stereocenters. The lowest BCUT2D eigenvalue weighted by Crippen LogP contribution is -2.34. The average molecular weight is 606 g/mol. The Hall–Kier alpha value is -4.07. The summed E-state index contributed by atoms with van der Waals surface area (Å²) in [7, 11) is 2.13. The molecule has 4 aromatic carbocycles. The number of hydrogen-bond acceptors (Lipinski definition) is 5. The summed E-state index contributed by atoms with van der Waals surface area (Å²) >= 11 is 1.65. The van der Waals surface area contributed by atoms with E-state index >= 15 is 0 Å². The van der Waals surface area contributed by atoms with Crippen molar-refractivity contribution < 1.29 is 9.53 Å². The monoisotopic (exact) mass is 605 g/mol. The summed E-state index contributed by atoms with van der Waals surface area (Å²) in [6.07, 6.45) is 6.15. The van der Waals surface area contributed by atoms with E-state index in [1.54, 1.807) is 18.0 Å². The second kappa shape index (κ2) is 13.3. The molecule has 44 heavy (non-hydrogen) atoms. The minimum Gasteiger partial charge on any atom is -0.453 e. The molecule has 0 spiro atoms. The van der Waals surface area contributed by atoms with Gasteiger partial charge in [0.2, 0.25) is 5.43 Å². The molecule has 6 nitrogen and oxygen atoms in total. The van der Waals surface area contributed by atoms with Gasteiger partial charge in [-0.05, 0) is 73.5 Å². The third-order valence-electron chi connectivity index (χ3n) is 8.27. The van der Waals surface area contributed by atoms with E-state index < -0.39 is 0 Å². The second-order valence-corrected chi connectivity index (χ2v) is 12.7. The Morgan fingerprint density at radius 2 is 1.70 bits per heavy atom. The predicted molar refractivity (Wildman–Crippen MR) is 182 cm³/mol. The molecule has 3 heterocycles. The molecule has 1 saturated heterocycles. The van der Waals surface area contributed by atoms with Gasteiger partial charge in [-0.15, -0.1) is 11.8 Å². The fraction of sp³-hybridized carbons (Fsp3) is 0.297. The van der Waals surface area contributed by atoms with Crippen LogP contribution in [0, 0.1) is 0 Å². The summed E-state index contributed by atoms with van der Waals surface area (Å²) in [6.45, 7) is 5.88. The SMILES string of the molecule is CCC.CN1CCCC1CCNC(=O)c1cn2c3c(cc(SCc4ccccc4)cc3c1=O)Oc1cc3ccccc3cc1-2. The van der Waals surface area contributed by atoms with Gasteiger partial charge in [0, 0.05) is 29.4 Å². The number of likely N-dealkylation sites (tertiary alicyclic amines) is 1. The van der Waals surface area contributed by atoms with Crippen LogP contribution in [0.2, 0.25) is 0 Å². The smallest absolute Gasteiger partial charge is 0.256 e. The van der Waals surface area contributed by atoms with E-state index in [4.69, 9.17) is 4.74 Å². The van der Waals surface area contributed by atoms with Crippen molar-refractivity contribution in [2.75, 3.05) is 20.1 Å². The van der Waals surface area contributed by atoms with Crippen molar-refractivity contribution in [3.05, 3.63) is 106 Å². The van der Waals surface area contributed by atoms with Gasteiger partial charge >= 0.3 is 0 Å². The fourth-order valence-electron chi connectivity index (χ4n) is 6.04. The number of thioether (sulfide) groups is 1. The third-order valence-corrected chi connectivity index (χ3v) is 9.32. The minimum atomic E-state index is -0.334. The molecular weight excluding hydrogens is 566 g/mol. The fourth-order valence-corrected chi connectivity index (χ4v) is 6.96. The largest absolute Gasteiger partial charge is 0.453 e. The van der Waals surface area contributed by atoms with E-state index in [-0.39, 0.29) is 16.9 Å². The number of ether oxygens (including phenoxy) is 1. The van der Waals surface area contributed by atoms with Gasteiger partial charge in [0.05, 0.1) is 11.1 Å². The van der Waals surface area contributed by atoms with Crippen LogP contribution < -0.4 is 15.5 Å². The summed E-state index contributed by atoms with van der Waals surface area (Å²) in [5.74, 6) is 1.74. The third kappa shape index (κ3) is 6.12. The van der Waals surface area contributed by atoms with Crippen molar-refractivity contribution in [3.63, 3.8) is 0 Å². The molecule has 0 saturated carbocycles. The van der Waals surface area contributed by atoms with E-state index in [1.165, 1.54) is 18.4 Å². The van der Waals surface area contributed by atoms with Crippen molar-refractivity contribution >= 4 is 39.3 Å². The summed E-state index contributed by atoms with van der Waals surface area (Å²) in [4.78, 5) is 30.6. The number of nitrogens with zero attached hydrogens (tertiary/aromatic N) is 2. The van der Waals surface area contributed by atoms with Gasteiger partial charge in [0.15, 0.2) is 11.5 Å². The summed E-state index contributed by atoms with van der Waals surface area (Å²) < 4.78 is 8.42. The van der Waals surface area contributed by atoms with Gasteiger partial charge in [-0.2, -0.15) is 0 Å². The molecule has 2 aliphatic heterocycles. The Morgan fingerprint density at radius 3 is 2.43 bits per heavy atom. The van der Waals surface area contributed by atoms with Gasteiger partial charge in [-0.3, -0.25) is 9.59 Å². The Bertz CT molecular complexity index is 1870. The Labute approximate surface area is 263 Å². The zero-order valence-corrected chi connectivity index (χ0v) is 26.5. The van der Waals surface area contributed by atoms with Crippen LogP contribution in [0.15, 0.2) is 94.7 Å². The molecule has 2 aliphatic rings. The molecule has 1 unspecified atom stereocenters. The first-order valence-corrected chi connectivity index (χ1v) is 16.5. The van der Waals surface area contributed by atoms with Gasteiger partial charge < -0.3 is 19.5 Å². The van der Waals surface area contributed by atoms with Crippen LogP contribution in [0.5, 0.6) is 11.5 Å². The molecule has 226 valence electrons. The number of benzene rings is 4. The lowest BCUT2D eigenvalue weighted by Gasteiger charge is -2.25. The topological polar surface area (TPSA) is 63.6 Å². The first-order valence-electron chi connectivity index (χ1n) is 15.6. The highest BCUT2D eigenvalue weighted by Gasteiger charge is 2.26. The molecule has 7 rings (SSSR count). The van der Waals surface area contributed by atoms with Gasteiger partial charge in [0.25, 0.3) is 5.91 Å². The highest BCUT2D eigenvalue weighted by Crippen LogP contribution is 2.43. The van der Waals surface area contributed by atoms with Crippen LogP contribution in [0.25, 0.3) is 27.4 Å². The molecular formula is C37H39N3O3S. The summed E-state index contributed by atoms with van der Waals surface area (Å²) in [5, 5.41) is 5.65. The first-order chi connectivity index (χ1) is 21.5. The van der Waals surface area contributed by atoms with E-state index in [2.05, 4.69) is 61.4 Å². The number of rotatable bonds is 7. The van der Waals surface area contributed by atoms with Gasteiger partial charge in [-0.1, -0.05) is 74.9 Å². The minimum absolute atomic E-state index is 0.148.